The van der Waals surface area contributed by atoms with Gasteiger partial charge in [-0.2, -0.15) is 13.2 Å². The predicted octanol–water partition coefficient (Wildman–Crippen LogP) is 7.59. The lowest BCUT2D eigenvalue weighted by atomic mass is 9.85. The molecule has 0 aliphatic heterocycles. The van der Waals surface area contributed by atoms with Crippen LogP contribution in [0, 0.1) is 23.5 Å². The summed E-state index contributed by atoms with van der Waals surface area (Å²) >= 11 is 1.12. The third-order valence-electron chi connectivity index (χ3n) is 8.07. The molecule has 0 saturated heterocycles. The molecule has 0 bridgehead atoms. The molecule has 0 spiro atoms. The van der Waals surface area contributed by atoms with Crippen molar-refractivity contribution in [1.82, 2.24) is 10.3 Å². The number of rotatable bonds is 9. The molecule has 2 aliphatic rings. The summed E-state index contributed by atoms with van der Waals surface area (Å²) in [6.45, 7) is 0. The van der Waals surface area contributed by atoms with Crippen molar-refractivity contribution in [2.24, 2.45) is 11.8 Å². The number of thiazole rings is 1. The van der Waals surface area contributed by atoms with E-state index < -0.39 is 35.7 Å². The summed E-state index contributed by atoms with van der Waals surface area (Å²) in [6.07, 6.45) is -0.347. The van der Waals surface area contributed by atoms with E-state index in [2.05, 4.69) is 20.9 Å². The zero-order valence-electron chi connectivity index (χ0n) is 24.8. The molecule has 3 N–H and O–H groups in total. The monoisotopic (exact) mass is 672 g/mol. The predicted molar refractivity (Wildman–Crippen MR) is 165 cm³/mol. The van der Waals surface area contributed by atoms with Crippen LogP contribution in [0.3, 0.4) is 0 Å². The van der Waals surface area contributed by atoms with Gasteiger partial charge in [0.2, 0.25) is 17.7 Å². The van der Waals surface area contributed by atoms with E-state index in [1.807, 2.05) is 0 Å². The standard InChI is InChI=1S/C33H29F5N4O4S/c34-23-10-9-22(14-25(23)40-29(43)12-17-3-1-5-20(11-17)33(36,37)38)46-27-16-28-26(15-24(27)35)41-32(47-28)42-31(45)19-4-2-6-21(13-19)39-30(44)18-7-8-18/h1,3,5,9-11,14-16,18-19,21H,2,4,6-8,12-13H2,(H,39,44)(H,40,43)(H,41,42,45). The maximum Gasteiger partial charge on any atom is 0.416 e. The number of nitrogens with zero attached hydrogens (tertiary/aromatic N) is 1. The molecule has 2 aliphatic carbocycles. The highest BCUT2D eigenvalue weighted by Gasteiger charge is 2.34. The smallest absolute Gasteiger partial charge is 0.416 e. The molecule has 2 saturated carbocycles. The van der Waals surface area contributed by atoms with Gasteiger partial charge in [0.15, 0.2) is 16.7 Å². The first-order valence-corrected chi connectivity index (χ1v) is 15.9. The number of benzene rings is 3. The number of aromatic nitrogens is 1. The van der Waals surface area contributed by atoms with Crippen molar-refractivity contribution < 1.29 is 41.1 Å². The molecule has 1 heterocycles. The first-order valence-electron chi connectivity index (χ1n) is 15.1. The fourth-order valence-electron chi connectivity index (χ4n) is 5.52. The molecule has 47 heavy (non-hydrogen) atoms. The van der Waals surface area contributed by atoms with Crippen molar-refractivity contribution in [1.29, 1.82) is 0 Å². The molecule has 6 rings (SSSR count). The Labute approximate surface area is 269 Å². The van der Waals surface area contributed by atoms with Crippen LogP contribution in [0.1, 0.15) is 49.7 Å². The number of nitrogens with one attached hydrogen (secondary N) is 3. The Hall–Kier alpha value is -4.59. The lowest BCUT2D eigenvalue weighted by Gasteiger charge is -2.28. The minimum Gasteiger partial charge on any atom is -0.454 e. The van der Waals surface area contributed by atoms with Crippen molar-refractivity contribution >= 4 is 50.1 Å². The van der Waals surface area contributed by atoms with Crippen LogP contribution >= 0.6 is 11.3 Å². The van der Waals surface area contributed by atoms with Crippen LogP contribution in [0.2, 0.25) is 0 Å². The van der Waals surface area contributed by atoms with Gasteiger partial charge in [-0.25, -0.2) is 13.8 Å². The number of fused-ring (bicyclic) bond motifs is 1. The number of halogens is 5. The Balaban J connectivity index is 1.09. The Morgan fingerprint density at radius 1 is 0.894 bits per heavy atom. The first-order chi connectivity index (χ1) is 22.4. The van der Waals surface area contributed by atoms with Gasteiger partial charge in [0.05, 0.1) is 27.9 Å². The molecule has 2 fully saturated rings. The fourth-order valence-corrected chi connectivity index (χ4v) is 6.40. The number of carbonyl (C=O) groups is 3. The van der Waals surface area contributed by atoms with E-state index >= 15 is 4.39 Å². The fraction of sp³-hybridized carbons (Fsp3) is 0.333. The van der Waals surface area contributed by atoms with Crippen LogP contribution in [-0.4, -0.2) is 28.7 Å². The van der Waals surface area contributed by atoms with Crippen LogP contribution in [0.5, 0.6) is 11.5 Å². The zero-order valence-corrected chi connectivity index (χ0v) is 25.6. The number of alkyl halides is 3. The van der Waals surface area contributed by atoms with Gasteiger partial charge < -0.3 is 20.7 Å². The molecular weight excluding hydrogens is 643 g/mol. The molecular formula is C33H29F5N4O4S. The van der Waals surface area contributed by atoms with Gasteiger partial charge in [0.1, 0.15) is 11.6 Å². The van der Waals surface area contributed by atoms with Gasteiger partial charge in [-0.15, -0.1) is 0 Å². The topological polar surface area (TPSA) is 109 Å². The highest BCUT2D eigenvalue weighted by atomic mass is 32.1. The lowest BCUT2D eigenvalue weighted by Crippen LogP contribution is -2.41. The minimum absolute atomic E-state index is 0.0160. The highest BCUT2D eigenvalue weighted by molar-refractivity contribution is 7.22. The molecule has 2 unspecified atom stereocenters. The van der Waals surface area contributed by atoms with Gasteiger partial charge in [0.25, 0.3) is 0 Å². The Morgan fingerprint density at radius 2 is 1.70 bits per heavy atom. The maximum atomic E-state index is 15.0. The van der Waals surface area contributed by atoms with E-state index in [1.165, 1.54) is 24.3 Å². The van der Waals surface area contributed by atoms with Crippen LogP contribution in [0.4, 0.5) is 32.8 Å². The number of ether oxygens (including phenoxy) is 1. The number of carbonyl (C=O) groups excluding carboxylic acids is 3. The number of hydrogen-bond donors (Lipinski definition) is 3. The zero-order chi connectivity index (χ0) is 33.3. The van der Waals surface area contributed by atoms with Gasteiger partial charge in [-0.3, -0.25) is 14.4 Å². The molecule has 8 nitrogen and oxygen atoms in total. The van der Waals surface area contributed by atoms with E-state index in [4.69, 9.17) is 4.74 Å². The normalized spacial score (nSPS) is 18.1. The SMILES string of the molecule is O=C(Cc1cccc(C(F)(F)F)c1)Nc1cc(Oc2cc3sc(NC(=O)C4CCCC(NC(=O)C5CC5)C4)nc3cc2F)ccc1F. The third kappa shape index (κ3) is 8.05. The average Bonchev–Trinajstić information content (AvgIpc) is 3.80. The quantitative estimate of drug-likeness (QED) is 0.159. The van der Waals surface area contributed by atoms with Crippen LogP contribution in [0.15, 0.2) is 54.6 Å². The van der Waals surface area contributed by atoms with E-state index in [0.29, 0.717) is 17.5 Å². The lowest BCUT2D eigenvalue weighted by molar-refractivity contribution is -0.137. The maximum absolute atomic E-state index is 15.0. The molecule has 0 radical (unpaired) electrons. The van der Waals surface area contributed by atoms with Crippen LogP contribution in [-0.2, 0) is 27.0 Å². The van der Waals surface area contributed by atoms with Crippen molar-refractivity contribution in [2.75, 3.05) is 10.6 Å². The van der Waals surface area contributed by atoms with E-state index in [9.17, 15) is 31.9 Å². The molecule has 246 valence electrons. The molecule has 3 amide bonds. The Bertz CT molecular complexity index is 1840. The number of hydrogen-bond acceptors (Lipinski definition) is 6. The van der Waals surface area contributed by atoms with Crippen molar-refractivity contribution in [3.8, 4) is 11.5 Å². The summed E-state index contributed by atoms with van der Waals surface area (Å²) in [4.78, 5) is 42.0. The summed E-state index contributed by atoms with van der Waals surface area (Å²) in [5.41, 5.74) is -0.844. The first kappa shape index (κ1) is 32.4. The number of anilines is 2. The van der Waals surface area contributed by atoms with Crippen molar-refractivity contribution in [3.63, 3.8) is 0 Å². The van der Waals surface area contributed by atoms with Gasteiger partial charge in [-0.05, 0) is 55.9 Å². The summed E-state index contributed by atoms with van der Waals surface area (Å²) in [7, 11) is 0. The molecule has 4 aromatic rings. The summed E-state index contributed by atoms with van der Waals surface area (Å²) in [6, 6.07) is 10.1. The van der Waals surface area contributed by atoms with Gasteiger partial charge >= 0.3 is 6.18 Å². The van der Waals surface area contributed by atoms with Crippen LogP contribution < -0.4 is 20.7 Å². The third-order valence-corrected chi connectivity index (χ3v) is 9.00. The summed E-state index contributed by atoms with van der Waals surface area (Å²) in [5.74, 6) is -2.97. The molecule has 2 atom stereocenters. The highest BCUT2D eigenvalue weighted by Crippen LogP contribution is 2.36. The number of amides is 3. The summed E-state index contributed by atoms with van der Waals surface area (Å²) in [5, 5.41) is 8.46. The van der Waals surface area contributed by atoms with Crippen LogP contribution in [0.25, 0.3) is 10.2 Å². The van der Waals surface area contributed by atoms with E-state index in [-0.39, 0.29) is 63.1 Å². The Kier molecular flexibility index (Phi) is 9.13. The van der Waals surface area contributed by atoms with E-state index in [0.717, 1.165) is 67.4 Å². The molecule has 1 aromatic heterocycles. The average molecular weight is 673 g/mol. The molecule has 14 heteroatoms. The molecule has 3 aromatic carbocycles. The van der Waals surface area contributed by atoms with Gasteiger partial charge in [-0.1, -0.05) is 36.0 Å². The summed E-state index contributed by atoms with van der Waals surface area (Å²) < 4.78 is 74.7. The van der Waals surface area contributed by atoms with Crippen molar-refractivity contribution in [2.45, 2.75) is 57.2 Å². The second kappa shape index (κ2) is 13.3. The largest absolute Gasteiger partial charge is 0.454 e. The second-order valence-electron chi connectivity index (χ2n) is 11.8. The van der Waals surface area contributed by atoms with E-state index in [1.54, 1.807) is 0 Å². The van der Waals surface area contributed by atoms with Gasteiger partial charge in [0, 0.05) is 36.1 Å². The van der Waals surface area contributed by atoms with Crippen molar-refractivity contribution in [3.05, 3.63) is 77.4 Å². The Morgan fingerprint density at radius 3 is 2.47 bits per heavy atom. The minimum atomic E-state index is -4.58. The second-order valence-corrected chi connectivity index (χ2v) is 12.8.